The van der Waals surface area contributed by atoms with Crippen molar-refractivity contribution < 1.29 is 20.1 Å². The Bertz CT molecular complexity index is 1150. The normalized spacial score (nSPS) is 13.5. The van der Waals surface area contributed by atoms with Crippen LogP contribution in [0.2, 0.25) is 0 Å². The number of carbonyl (C=O) groups excluding carboxylic acids is 1. The second-order valence-corrected chi connectivity index (χ2v) is 22.0. The lowest BCUT2D eigenvalue weighted by molar-refractivity contribution is -0.131. The van der Waals surface area contributed by atoms with Gasteiger partial charge in [-0.15, -0.1) is 0 Å². The zero-order valence-electron chi connectivity index (χ0n) is 47.9. The summed E-state index contributed by atoms with van der Waals surface area (Å²) in [4.78, 5) is 12.6. The SMILES string of the molecule is CCCCCCCCCCCCC/C=C/CC/C=C/CC/C=C/C(O)C(CO)NC(=O)C(O)CCCCCCCCCCCCCCCCCC/C=C\CCCCCCCCCCCCCCCCCC. The van der Waals surface area contributed by atoms with Gasteiger partial charge in [0.05, 0.1) is 18.8 Å². The molecule has 1 amide bonds. The van der Waals surface area contributed by atoms with E-state index in [0.29, 0.717) is 6.42 Å². The molecular weight excluding hydrogens is 871 g/mol. The summed E-state index contributed by atoms with van der Waals surface area (Å²) < 4.78 is 0. The predicted octanol–water partition coefficient (Wildman–Crippen LogP) is 20.3. The van der Waals surface area contributed by atoms with Gasteiger partial charge in [-0.25, -0.2) is 0 Å². The molecule has 71 heavy (non-hydrogen) atoms. The molecular formula is C66H125NO4. The molecule has 0 aliphatic carbocycles. The summed E-state index contributed by atoms with van der Waals surface area (Å²) in [5.74, 6) is -0.513. The van der Waals surface area contributed by atoms with E-state index in [-0.39, 0.29) is 6.61 Å². The molecule has 0 spiro atoms. The summed E-state index contributed by atoms with van der Waals surface area (Å²) in [6.45, 7) is 4.20. The quantitative estimate of drug-likeness (QED) is 0.0361. The Morgan fingerprint density at radius 3 is 0.859 bits per heavy atom. The number of aliphatic hydroxyl groups is 3. The van der Waals surface area contributed by atoms with Crippen LogP contribution < -0.4 is 5.32 Å². The summed E-state index contributed by atoms with van der Waals surface area (Å²) >= 11 is 0. The van der Waals surface area contributed by atoms with Crippen molar-refractivity contribution in [1.29, 1.82) is 0 Å². The predicted molar refractivity (Wildman–Crippen MR) is 314 cm³/mol. The maximum Gasteiger partial charge on any atom is 0.249 e. The van der Waals surface area contributed by atoms with Gasteiger partial charge in [0.25, 0.3) is 0 Å². The number of nitrogens with one attached hydrogen (secondary N) is 1. The number of unbranched alkanes of at least 4 members (excludes halogenated alkanes) is 45. The molecule has 418 valence electrons. The van der Waals surface area contributed by atoms with Crippen molar-refractivity contribution in [2.24, 2.45) is 0 Å². The summed E-state index contributed by atoms with van der Waals surface area (Å²) in [5, 5.41) is 33.4. The Morgan fingerprint density at radius 2 is 0.577 bits per heavy atom. The Labute approximate surface area is 444 Å². The number of amides is 1. The minimum atomic E-state index is -1.11. The van der Waals surface area contributed by atoms with E-state index in [1.165, 1.54) is 276 Å². The van der Waals surface area contributed by atoms with Crippen LogP contribution in [0, 0.1) is 0 Å². The van der Waals surface area contributed by atoms with Gasteiger partial charge in [0.15, 0.2) is 0 Å². The fraction of sp³-hybridized carbons (Fsp3) is 0.864. The largest absolute Gasteiger partial charge is 0.394 e. The van der Waals surface area contributed by atoms with Crippen LogP contribution >= 0.6 is 0 Å². The maximum absolute atomic E-state index is 12.6. The molecule has 0 aliphatic heterocycles. The highest BCUT2D eigenvalue weighted by atomic mass is 16.3. The van der Waals surface area contributed by atoms with Crippen molar-refractivity contribution >= 4 is 5.91 Å². The van der Waals surface area contributed by atoms with Crippen LogP contribution in [0.3, 0.4) is 0 Å². The molecule has 0 aromatic heterocycles. The third-order valence-electron chi connectivity index (χ3n) is 14.9. The Hall–Kier alpha value is -1.69. The van der Waals surface area contributed by atoms with E-state index in [1.807, 2.05) is 6.08 Å². The summed E-state index contributed by atoms with van der Waals surface area (Å²) in [6.07, 6.45) is 82.3. The Kier molecular flexibility index (Phi) is 59.4. The average Bonchev–Trinajstić information content (AvgIpc) is 3.38. The zero-order chi connectivity index (χ0) is 51.4. The van der Waals surface area contributed by atoms with Gasteiger partial charge in [0.2, 0.25) is 5.91 Å². The molecule has 5 heteroatoms. The molecule has 0 rings (SSSR count). The second kappa shape index (κ2) is 60.9. The molecule has 4 N–H and O–H groups in total. The number of allylic oxidation sites excluding steroid dienone is 7. The highest BCUT2D eigenvalue weighted by Crippen LogP contribution is 2.18. The van der Waals surface area contributed by atoms with Gasteiger partial charge < -0.3 is 20.6 Å². The molecule has 0 saturated carbocycles. The topological polar surface area (TPSA) is 89.8 Å². The molecule has 0 heterocycles. The van der Waals surface area contributed by atoms with Gasteiger partial charge in [-0.05, 0) is 70.6 Å². The molecule has 0 radical (unpaired) electrons. The summed E-state index contributed by atoms with van der Waals surface area (Å²) in [6, 6.07) is -0.822. The van der Waals surface area contributed by atoms with Crippen LogP contribution in [0.1, 0.15) is 341 Å². The standard InChI is InChI=1S/C66H125NO4/c1-3-5-7-9-11-13-15-17-19-21-23-25-26-27-28-29-30-31-32-33-34-35-36-37-38-39-41-43-45-47-49-51-53-55-57-59-61-65(70)66(71)67-63(62-68)64(69)60-58-56-54-52-50-48-46-44-42-40-24-22-20-18-16-14-12-10-8-6-4-2/h31-32,42,44,50,52,58,60,63-65,68-70H,3-30,33-41,43,45-49,51,53-57,59,61-62H2,1-2H3,(H,67,71)/b32-31-,44-42+,52-50+,60-58+. The van der Waals surface area contributed by atoms with E-state index in [1.54, 1.807) is 6.08 Å². The number of aliphatic hydroxyl groups excluding tert-OH is 3. The first-order chi connectivity index (χ1) is 35.1. The van der Waals surface area contributed by atoms with Crippen molar-refractivity contribution in [2.75, 3.05) is 6.61 Å². The molecule has 0 aromatic carbocycles. The smallest absolute Gasteiger partial charge is 0.249 e. The summed E-state index contributed by atoms with van der Waals surface area (Å²) in [5.41, 5.74) is 0. The molecule has 0 aromatic rings. The first-order valence-corrected chi connectivity index (χ1v) is 32.0. The Balaban J connectivity index is 3.54. The van der Waals surface area contributed by atoms with Crippen molar-refractivity contribution in [3.05, 3.63) is 48.6 Å². The fourth-order valence-electron chi connectivity index (χ4n) is 9.92. The molecule has 0 saturated heterocycles. The molecule has 0 bridgehead atoms. The molecule has 3 unspecified atom stereocenters. The third kappa shape index (κ3) is 55.9. The minimum absolute atomic E-state index is 0.380. The van der Waals surface area contributed by atoms with Gasteiger partial charge in [-0.3, -0.25) is 4.79 Å². The minimum Gasteiger partial charge on any atom is -0.394 e. The van der Waals surface area contributed by atoms with Gasteiger partial charge in [0.1, 0.15) is 6.10 Å². The van der Waals surface area contributed by atoms with Crippen molar-refractivity contribution in [2.45, 2.75) is 360 Å². The molecule has 5 nitrogen and oxygen atoms in total. The van der Waals surface area contributed by atoms with Crippen LogP contribution in [0.5, 0.6) is 0 Å². The van der Waals surface area contributed by atoms with E-state index in [0.717, 1.165) is 44.9 Å². The van der Waals surface area contributed by atoms with Crippen molar-refractivity contribution in [3.8, 4) is 0 Å². The number of rotatable bonds is 59. The van der Waals surface area contributed by atoms with Gasteiger partial charge in [-0.1, -0.05) is 319 Å². The Morgan fingerprint density at radius 1 is 0.338 bits per heavy atom. The number of hydrogen-bond donors (Lipinski definition) is 4. The van der Waals surface area contributed by atoms with E-state index >= 15 is 0 Å². The highest BCUT2D eigenvalue weighted by molar-refractivity contribution is 5.80. The van der Waals surface area contributed by atoms with Gasteiger partial charge in [0, 0.05) is 0 Å². The van der Waals surface area contributed by atoms with Gasteiger partial charge >= 0.3 is 0 Å². The van der Waals surface area contributed by atoms with Gasteiger partial charge in [-0.2, -0.15) is 0 Å². The average molecular weight is 997 g/mol. The van der Waals surface area contributed by atoms with E-state index in [4.69, 9.17) is 0 Å². The maximum atomic E-state index is 12.6. The first-order valence-electron chi connectivity index (χ1n) is 32.0. The monoisotopic (exact) mass is 996 g/mol. The van der Waals surface area contributed by atoms with Crippen molar-refractivity contribution in [1.82, 2.24) is 5.32 Å². The third-order valence-corrected chi connectivity index (χ3v) is 14.9. The molecule has 3 atom stereocenters. The lowest BCUT2D eigenvalue weighted by Gasteiger charge is -2.21. The van der Waals surface area contributed by atoms with Crippen LogP contribution in [-0.4, -0.2) is 46.1 Å². The lowest BCUT2D eigenvalue weighted by atomic mass is 10.0. The summed E-state index contributed by atoms with van der Waals surface area (Å²) in [7, 11) is 0. The fourth-order valence-corrected chi connectivity index (χ4v) is 9.92. The zero-order valence-corrected chi connectivity index (χ0v) is 47.9. The van der Waals surface area contributed by atoms with E-state index in [2.05, 4.69) is 55.6 Å². The van der Waals surface area contributed by atoms with Crippen LogP contribution in [-0.2, 0) is 4.79 Å². The van der Waals surface area contributed by atoms with Crippen LogP contribution in [0.4, 0.5) is 0 Å². The van der Waals surface area contributed by atoms with Crippen LogP contribution in [0.15, 0.2) is 48.6 Å². The second-order valence-electron chi connectivity index (χ2n) is 22.0. The molecule has 0 aliphatic rings. The van der Waals surface area contributed by atoms with E-state index in [9.17, 15) is 20.1 Å². The first kappa shape index (κ1) is 69.3. The lowest BCUT2D eigenvalue weighted by Crippen LogP contribution is -2.48. The van der Waals surface area contributed by atoms with E-state index < -0.39 is 24.2 Å². The molecule has 0 fully saturated rings. The van der Waals surface area contributed by atoms with Crippen molar-refractivity contribution in [3.63, 3.8) is 0 Å². The number of carbonyl (C=O) groups is 1. The van der Waals surface area contributed by atoms with Crippen LogP contribution in [0.25, 0.3) is 0 Å². The number of hydrogen-bond acceptors (Lipinski definition) is 4. The highest BCUT2D eigenvalue weighted by Gasteiger charge is 2.22.